The number of likely N-dealkylation sites (N-methyl/N-ethyl adjacent to an activating group) is 1. The summed E-state index contributed by atoms with van der Waals surface area (Å²) in [4.78, 5) is 13.5. The number of nitrogens with one attached hydrogen (secondary N) is 2. The molecule has 0 amide bonds. The van der Waals surface area contributed by atoms with Crippen molar-refractivity contribution in [3.8, 4) is 0 Å². The number of hydrogen-bond acceptors (Lipinski definition) is 5. The predicted molar refractivity (Wildman–Crippen MR) is 102 cm³/mol. The minimum atomic E-state index is -0.0247. The lowest BCUT2D eigenvalue weighted by Crippen LogP contribution is -2.52. The molecule has 1 unspecified atom stereocenters. The lowest BCUT2D eigenvalue weighted by molar-refractivity contribution is 0.120. The average molecular weight is 351 g/mol. The Morgan fingerprint density at radius 2 is 1.96 bits per heavy atom. The molecule has 0 spiro atoms. The van der Waals surface area contributed by atoms with Crippen LogP contribution in [0, 0.1) is 0 Å². The van der Waals surface area contributed by atoms with Crippen LogP contribution >= 0.6 is 0 Å². The van der Waals surface area contributed by atoms with Crippen molar-refractivity contribution in [1.29, 1.82) is 0 Å². The number of oxazole rings is 1. The van der Waals surface area contributed by atoms with Gasteiger partial charge in [-0.1, -0.05) is 20.8 Å². The van der Waals surface area contributed by atoms with Crippen molar-refractivity contribution in [1.82, 2.24) is 25.4 Å². The molecular weight excluding hydrogens is 316 g/mol. The zero-order valence-electron chi connectivity index (χ0n) is 16.6. The van der Waals surface area contributed by atoms with Gasteiger partial charge in [-0.05, 0) is 14.0 Å². The van der Waals surface area contributed by atoms with Gasteiger partial charge in [-0.2, -0.15) is 0 Å². The quantitative estimate of drug-likeness (QED) is 0.616. The van der Waals surface area contributed by atoms with Crippen molar-refractivity contribution in [2.75, 3.05) is 46.8 Å². The molecule has 1 aliphatic rings. The SMILES string of the molecule is CN=C(NCc1ncc(C(C)(C)C)o1)NCC(C)N1CCN(C)CC1. The molecule has 1 atom stereocenters. The van der Waals surface area contributed by atoms with Gasteiger partial charge < -0.3 is 20.0 Å². The summed E-state index contributed by atoms with van der Waals surface area (Å²) in [6.07, 6.45) is 1.81. The molecule has 25 heavy (non-hydrogen) atoms. The van der Waals surface area contributed by atoms with Crippen molar-refractivity contribution in [3.05, 3.63) is 17.8 Å². The van der Waals surface area contributed by atoms with Gasteiger partial charge in [0.15, 0.2) is 5.96 Å². The van der Waals surface area contributed by atoms with Crippen molar-refractivity contribution in [2.45, 2.75) is 45.7 Å². The lowest BCUT2D eigenvalue weighted by Gasteiger charge is -2.36. The monoisotopic (exact) mass is 350 g/mol. The van der Waals surface area contributed by atoms with Crippen LogP contribution in [0.5, 0.6) is 0 Å². The lowest BCUT2D eigenvalue weighted by atomic mass is 9.94. The molecule has 0 aromatic carbocycles. The van der Waals surface area contributed by atoms with E-state index >= 15 is 0 Å². The summed E-state index contributed by atoms with van der Waals surface area (Å²) in [7, 11) is 3.96. The van der Waals surface area contributed by atoms with Crippen LogP contribution in [0.4, 0.5) is 0 Å². The van der Waals surface area contributed by atoms with E-state index in [1.807, 2.05) is 6.20 Å². The van der Waals surface area contributed by atoms with E-state index in [-0.39, 0.29) is 5.41 Å². The summed E-state index contributed by atoms with van der Waals surface area (Å²) in [6.45, 7) is 14.5. The van der Waals surface area contributed by atoms with Crippen LogP contribution in [0.25, 0.3) is 0 Å². The molecule has 0 radical (unpaired) electrons. The molecule has 0 bridgehead atoms. The van der Waals surface area contributed by atoms with Crippen molar-refractivity contribution in [3.63, 3.8) is 0 Å². The highest BCUT2D eigenvalue weighted by Gasteiger charge is 2.20. The van der Waals surface area contributed by atoms with Crippen molar-refractivity contribution in [2.24, 2.45) is 4.99 Å². The van der Waals surface area contributed by atoms with Gasteiger partial charge in [-0.3, -0.25) is 9.89 Å². The highest BCUT2D eigenvalue weighted by atomic mass is 16.4. The Kier molecular flexibility index (Phi) is 6.84. The van der Waals surface area contributed by atoms with E-state index in [4.69, 9.17) is 4.42 Å². The average Bonchev–Trinajstić information content (AvgIpc) is 3.04. The fraction of sp³-hybridized carbons (Fsp3) is 0.778. The molecule has 1 aliphatic heterocycles. The maximum atomic E-state index is 5.80. The maximum absolute atomic E-state index is 5.80. The predicted octanol–water partition coefficient (Wildman–Crippen LogP) is 1.27. The Hall–Kier alpha value is -1.60. The first-order valence-electron chi connectivity index (χ1n) is 9.12. The van der Waals surface area contributed by atoms with E-state index in [0.717, 1.165) is 44.4 Å². The summed E-state index contributed by atoms with van der Waals surface area (Å²) >= 11 is 0. The summed E-state index contributed by atoms with van der Waals surface area (Å²) < 4.78 is 5.80. The molecule has 2 N–H and O–H groups in total. The van der Waals surface area contributed by atoms with Crippen LogP contribution in [0.2, 0.25) is 0 Å². The first-order valence-corrected chi connectivity index (χ1v) is 9.12. The topological polar surface area (TPSA) is 68.9 Å². The first-order chi connectivity index (χ1) is 11.8. The van der Waals surface area contributed by atoms with E-state index in [0.29, 0.717) is 18.5 Å². The highest BCUT2D eigenvalue weighted by molar-refractivity contribution is 5.79. The number of piperazine rings is 1. The molecule has 7 heteroatoms. The Bertz CT molecular complexity index is 554. The Labute approximate surface area is 151 Å². The molecule has 142 valence electrons. The highest BCUT2D eigenvalue weighted by Crippen LogP contribution is 2.22. The van der Waals surface area contributed by atoms with Crippen LogP contribution in [0.1, 0.15) is 39.3 Å². The van der Waals surface area contributed by atoms with Crippen LogP contribution in [-0.2, 0) is 12.0 Å². The zero-order valence-corrected chi connectivity index (χ0v) is 16.6. The van der Waals surface area contributed by atoms with Gasteiger partial charge in [-0.15, -0.1) is 0 Å². The van der Waals surface area contributed by atoms with E-state index in [1.54, 1.807) is 7.05 Å². The van der Waals surface area contributed by atoms with Crippen LogP contribution < -0.4 is 10.6 Å². The molecule has 0 saturated carbocycles. The van der Waals surface area contributed by atoms with Crippen LogP contribution in [-0.4, -0.2) is 73.6 Å². The van der Waals surface area contributed by atoms with Gasteiger partial charge in [0.1, 0.15) is 5.76 Å². The molecule has 1 saturated heterocycles. The summed E-state index contributed by atoms with van der Waals surface area (Å²) in [6, 6.07) is 0.474. The van der Waals surface area contributed by atoms with E-state index in [9.17, 15) is 0 Å². The molecule has 2 heterocycles. The third kappa shape index (κ3) is 6.01. The largest absolute Gasteiger partial charge is 0.443 e. The minimum Gasteiger partial charge on any atom is -0.443 e. The van der Waals surface area contributed by atoms with Gasteiger partial charge in [0, 0.05) is 51.2 Å². The third-order valence-corrected chi connectivity index (χ3v) is 4.65. The van der Waals surface area contributed by atoms with Crippen molar-refractivity contribution >= 4 is 5.96 Å². The van der Waals surface area contributed by atoms with E-state index in [1.165, 1.54) is 0 Å². The number of nitrogens with zero attached hydrogens (tertiary/aromatic N) is 4. The summed E-state index contributed by atoms with van der Waals surface area (Å²) in [5.74, 6) is 2.35. The van der Waals surface area contributed by atoms with Gasteiger partial charge >= 0.3 is 0 Å². The third-order valence-electron chi connectivity index (χ3n) is 4.65. The Balaban J connectivity index is 1.76. The molecule has 1 aromatic heterocycles. The number of rotatable bonds is 5. The zero-order chi connectivity index (χ0) is 18.4. The van der Waals surface area contributed by atoms with E-state index in [2.05, 4.69) is 65.2 Å². The fourth-order valence-electron chi connectivity index (χ4n) is 2.75. The van der Waals surface area contributed by atoms with E-state index < -0.39 is 0 Å². The minimum absolute atomic E-state index is 0.0247. The number of hydrogen-bond donors (Lipinski definition) is 2. The van der Waals surface area contributed by atoms with Crippen LogP contribution in [0.15, 0.2) is 15.6 Å². The Morgan fingerprint density at radius 1 is 1.28 bits per heavy atom. The molecular formula is C18H34N6O. The van der Waals surface area contributed by atoms with Gasteiger partial charge in [-0.25, -0.2) is 4.98 Å². The second-order valence-electron chi connectivity index (χ2n) is 7.86. The van der Waals surface area contributed by atoms with Gasteiger partial charge in [0.25, 0.3) is 0 Å². The second kappa shape index (κ2) is 8.67. The Morgan fingerprint density at radius 3 is 2.52 bits per heavy atom. The molecule has 0 aliphatic carbocycles. The molecule has 2 rings (SSSR count). The second-order valence-corrected chi connectivity index (χ2v) is 7.86. The smallest absolute Gasteiger partial charge is 0.213 e. The fourth-order valence-corrected chi connectivity index (χ4v) is 2.75. The summed E-state index contributed by atoms with van der Waals surface area (Å²) in [5.41, 5.74) is -0.0247. The van der Waals surface area contributed by atoms with Crippen LogP contribution in [0.3, 0.4) is 0 Å². The first kappa shape index (κ1) is 19.7. The standard InChI is InChI=1S/C18H34N6O/c1-14(24-9-7-23(6)8-10-24)11-21-17(19-5)22-13-16-20-12-15(25-16)18(2,3)4/h12,14H,7-11,13H2,1-6H3,(H2,19,21,22). The van der Waals surface area contributed by atoms with Gasteiger partial charge in [0.2, 0.25) is 5.89 Å². The maximum Gasteiger partial charge on any atom is 0.213 e. The molecule has 7 nitrogen and oxygen atoms in total. The number of aliphatic imine (C=N–C) groups is 1. The van der Waals surface area contributed by atoms with Gasteiger partial charge in [0.05, 0.1) is 12.7 Å². The normalized spacial score (nSPS) is 19.0. The number of guanidine groups is 1. The summed E-state index contributed by atoms with van der Waals surface area (Å²) in [5, 5.41) is 6.67. The molecule has 1 fully saturated rings. The molecule has 1 aromatic rings. The van der Waals surface area contributed by atoms with Crippen molar-refractivity contribution < 1.29 is 4.42 Å². The number of aromatic nitrogens is 1.